The molecule has 132 valence electrons. The number of Topliss-reactive ketones (excluding diaryl/α,β-unsaturated/α-hetero) is 1. The van der Waals surface area contributed by atoms with Crippen molar-refractivity contribution in [3.05, 3.63) is 65.4 Å². The van der Waals surface area contributed by atoms with E-state index in [2.05, 4.69) is 39.0 Å². The molecular weight excluding hydrogens is 324 g/mol. The highest BCUT2D eigenvalue weighted by Gasteiger charge is 2.32. The Kier molecular flexibility index (Phi) is 3.80. The van der Waals surface area contributed by atoms with Crippen LogP contribution in [0.4, 0.5) is 11.6 Å². The Bertz CT molecular complexity index is 1030. The molecule has 0 spiro atoms. The van der Waals surface area contributed by atoms with Gasteiger partial charge in [0.25, 0.3) is 0 Å². The average Bonchev–Trinajstić information content (AvgIpc) is 2.98. The molecule has 1 N–H and O–H groups in total. The molecule has 5 nitrogen and oxygen atoms in total. The van der Waals surface area contributed by atoms with Gasteiger partial charge in [0.2, 0.25) is 5.95 Å². The SMILES string of the molecule is CC(=O)C1=C(C)Nc2nc3ccccc3n2C1c1ccc(N(C)C)cc1. The lowest BCUT2D eigenvalue weighted by atomic mass is 9.92. The number of carbonyl (C=O) groups is 1. The zero-order valence-electron chi connectivity index (χ0n) is 15.4. The van der Waals surface area contributed by atoms with Gasteiger partial charge in [0, 0.05) is 31.1 Å². The summed E-state index contributed by atoms with van der Waals surface area (Å²) in [6.07, 6.45) is 0. The van der Waals surface area contributed by atoms with E-state index in [4.69, 9.17) is 4.98 Å². The summed E-state index contributed by atoms with van der Waals surface area (Å²) in [4.78, 5) is 19.3. The van der Waals surface area contributed by atoms with Gasteiger partial charge in [-0.1, -0.05) is 24.3 Å². The molecule has 26 heavy (non-hydrogen) atoms. The van der Waals surface area contributed by atoms with Crippen molar-refractivity contribution in [2.75, 3.05) is 24.3 Å². The summed E-state index contributed by atoms with van der Waals surface area (Å²) in [6, 6.07) is 16.2. The maximum Gasteiger partial charge on any atom is 0.209 e. The number of hydrogen-bond donors (Lipinski definition) is 1. The molecule has 1 aromatic heterocycles. The number of hydrogen-bond acceptors (Lipinski definition) is 4. The molecule has 0 bridgehead atoms. The topological polar surface area (TPSA) is 50.2 Å². The van der Waals surface area contributed by atoms with E-state index in [9.17, 15) is 4.79 Å². The Morgan fingerprint density at radius 2 is 1.81 bits per heavy atom. The lowest BCUT2D eigenvalue weighted by molar-refractivity contribution is -0.114. The molecule has 0 fully saturated rings. The monoisotopic (exact) mass is 346 g/mol. The van der Waals surface area contributed by atoms with E-state index >= 15 is 0 Å². The minimum absolute atomic E-state index is 0.0696. The maximum absolute atomic E-state index is 12.5. The highest BCUT2D eigenvalue weighted by atomic mass is 16.1. The third-order valence-corrected chi connectivity index (χ3v) is 4.94. The van der Waals surface area contributed by atoms with Crippen LogP contribution in [0.25, 0.3) is 11.0 Å². The van der Waals surface area contributed by atoms with Crippen molar-refractivity contribution in [3.63, 3.8) is 0 Å². The van der Waals surface area contributed by atoms with Crippen molar-refractivity contribution in [2.45, 2.75) is 19.9 Å². The zero-order chi connectivity index (χ0) is 18.4. The molecule has 0 saturated carbocycles. The quantitative estimate of drug-likeness (QED) is 0.779. The number of carbonyl (C=O) groups excluding carboxylic acids is 1. The van der Waals surface area contributed by atoms with Crippen molar-refractivity contribution in [1.82, 2.24) is 9.55 Å². The molecule has 1 unspecified atom stereocenters. The van der Waals surface area contributed by atoms with Crippen LogP contribution >= 0.6 is 0 Å². The van der Waals surface area contributed by atoms with E-state index in [0.29, 0.717) is 0 Å². The van der Waals surface area contributed by atoms with E-state index in [1.165, 1.54) is 0 Å². The highest BCUT2D eigenvalue weighted by Crippen LogP contribution is 2.39. The van der Waals surface area contributed by atoms with E-state index in [1.807, 2.05) is 45.3 Å². The summed E-state index contributed by atoms with van der Waals surface area (Å²) < 4.78 is 2.13. The molecule has 3 aromatic rings. The molecule has 4 rings (SSSR count). The van der Waals surface area contributed by atoms with Crippen molar-refractivity contribution in [3.8, 4) is 0 Å². The normalized spacial score (nSPS) is 16.4. The number of anilines is 2. The number of imidazole rings is 1. The summed E-state index contributed by atoms with van der Waals surface area (Å²) in [5, 5.41) is 3.31. The number of rotatable bonds is 3. The van der Waals surface area contributed by atoms with Gasteiger partial charge in [-0.3, -0.25) is 9.36 Å². The minimum atomic E-state index is -0.188. The first kappa shape index (κ1) is 16.4. The molecule has 0 aliphatic carbocycles. The van der Waals surface area contributed by atoms with Gasteiger partial charge in [0.05, 0.1) is 17.1 Å². The number of nitrogens with one attached hydrogen (secondary N) is 1. The zero-order valence-corrected chi connectivity index (χ0v) is 15.4. The first-order valence-electron chi connectivity index (χ1n) is 8.70. The van der Waals surface area contributed by atoms with E-state index in [1.54, 1.807) is 6.92 Å². The van der Waals surface area contributed by atoms with Gasteiger partial charge in [-0.15, -0.1) is 0 Å². The number of allylic oxidation sites excluding steroid dienone is 2. The lowest BCUT2D eigenvalue weighted by Gasteiger charge is -2.30. The summed E-state index contributed by atoms with van der Waals surface area (Å²) in [5.41, 5.74) is 5.78. The van der Waals surface area contributed by atoms with Gasteiger partial charge in [0.15, 0.2) is 5.78 Å². The van der Waals surface area contributed by atoms with Crippen LogP contribution in [0.3, 0.4) is 0 Å². The Morgan fingerprint density at radius 1 is 1.12 bits per heavy atom. The van der Waals surface area contributed by atoms with Gasteiger partial charge in [-0.25, -0.2) is 4.98 Å². The summed E-state index contributed by atoms with van der Waals surface area (Å²) in [5.74, 6) is 0.843. The van der Waals surface area contributed by atoms with Crippen molar-refractivity contribution < 1.29 is 4.79 Å². The first-order valence-corrected chi connectivity index (χ1v) is 8.70. The Balaban J connectivity index is 1.96. The van der Waals surface area contributed by atoms with Crippen LogP contribution in [0.1, 0.15) is 25.5 Å². The molecule has 0 saturated heterocycles. The van der Waals surface area contributed by atoms with Crippen molar-refractivity contribution in [1.29, 1.82) is 0 Å². The number of fused-ring (bicyclic) bond motifs is 3. The largest absolute Gasteiger partial charge is 0.378 e. The summed E-state index contributed by atoms with van der Waals surface area (Å²) in [7, 11) is 4.04. The smallest absolute Gasteiger partial charge is 0.209 e. The van der Waals surface area contributed by atoms with Gasteiger partial charge in [-0.2, -0.15) is 0 Å². The average molecular weight is 346 g/mol. The molecule has 1 aliphatic rings. The Morgan fingerprint density at radius 3 is 2.46 bits per heavy atom. The highest BCUT2D eigenvalue weighted by molar-refractivity contribution is 5.97. The Labute approximate surface area is 153 Å². The van der Waals surface area contributed by atoms with Crippen LogP contribution in [0.2, 0.25) is 0 Å². The van der Waals surface area contributed by atoms with E-state index in [-0.39, 0.29) is 11.8 Å². The predicted octanol–water partition coefficient (Wildman–Crippen LogP) is 3.98. The van der Waals surface area contributed by atoms with Crippen molar-refractivity contribution in [2.24, 2.45) is 0 Å². The summed E-state index contributed by atoms with van der Waals surface area (Å²) >= 11 is 0. The number of para-hydroxylation sites is 2. The van der Waals surface area contributed by atoms with E-state index in [0.717, 1.165) is 39.5 Å². The third kappa shape index (κ3) is 2.47. The Hall–Kier alpha value is -3.08. The van der Waals surface area contributed by atoms with E-state index < -0.39 is 0 Å². The van der Waals surface area contributed by atoms with Crippen LogP contribution in [0.5, 0.6) is 0 Å². The molecular formula is C21H22N4O. The molecule has 2 heterocycles. The number of ketones is 1. The second kappa shape index (κ2) is 6.02. The maximum atomic E-state index is 12.5. The van der Waals surface area contributed by atoms with Crippen LogP contribution in [0, 0.1) is 0 Å². The molecule has 0 radical (unpaired) electrons. The van der Waals surface area contributed by atoms with Gasteiger partial charge >= 0.3 is 0 Å². The number of aromatic nitrogens is 2. The fourth-order valence-electron chi connectivity index (χ4n) is 3.69. The minimum Gasteiger partial charge on any atom is -0.378 e. The lowest BCUT2D eigenvalue weighted by Crippen LogP contribution is -2.27. The first-order chi connectivity index (χ1) is 12.5. The molecule has 2 aromatic carbocycles. The third-order valence-electron chi connectivity index (χ3n) is 4.94. The molecule has 1 aliphatic heterocycles. The predicted molar refractivity (Wildman–Crippen MR) is 106 cm³/mol. The van der Waals surface area contributed by atoms with Gasteiger partial charge < -0.3 is 10.2 Å². The molecule has 1 atom stereocenters. The van der Waals surface area contributed by atoms with Crippen LogP contribution in [-0.2, 0) is 4.79 Å². The molecule has 5 heteroatoms. The fourth-order valence-corrected chi connectivity index (χ4v) is 3.69. The molecule has 0 amide bonds. The number of nitrogens with zero attached hydrogens (tertiary/aromatic N) is 3. The standard InChI is InChI=1S/C21H22N4O/c1-13-19(14(2)26)20(15-9-11-16(12-10-15)24(3)4)25-18-8-6-5-7-17(18)23-21(25)22-13/h5-12,20H,1-4H3,(H,22,23). The van der Waals surface area contributed by atoms with Gasteiger partial charge in [-0.05, 0) is 43.7 Å². The van der Waals surface area contributed by atoms with Crippen LogP contribution in [-0.4, -0.2) is 29.4 Å². The summed E-state index contributed by atoms with van der Waals surface area (Å²) in [6.45, 7) is 3.58. The number of benzene rings is 2. The van der Waals surface area contributed by atoms with Crippen molar-refractivity contribution >= 4 is 28.5 Å². The van der Waals surface area contributed by atoms with Gasteiger partial charge in [0.1, 0.15) is 0 Å². The fraction of sp³-hybridized carbons (Fsp3) is 0.238. The van der Waals surface area contributed by atoms with Crippen LogP contribution in [0.15, 0.2) is 59.8 Å². The second-order valence-electron chi connectivity index (χ2n) is 6.90. The second-order valence-corrected chi connectivity index (χ2v) is 6.90. The van der Waals surface area contributed by atoms with Crippen LogP contribution < -0.4 is 10.2 Å².